The average Bonchev–Trinajstić information content (AvgIpc) is 2.65. The summed E-state index contributed by atoms with van der Waals surface area (Å²) in [5.41, 5.74) is 6.12. The summed E-state index contributed by atoms with van der Waals surface area (Å²) >= 11 is 0. The summed E-state index contributed by atoms with van der Waals surface area (Å²) in [5.74, 6) is 1.25. The van der Waals surface area contributed by atoms with Crippen molar-refractivity contribution in [2.75, 3.05) is 12.8 Å². The maximum absolute atomic E-state index is 5.34. The molecule has 0 aliphatic rings. The monoisotopic (exact) mass is 227 g/mol. The molecule has 6 heteroatoms. The fourth-order valence-corrected chi connectivity index (χ4v) is 1.11. The molecule has 0 unspecified atom stereocenters. The molecule has 1 aromatic carbocycles. The molecule has 0 saturated heterocycles. The van der Waals surface area contributed by atoms with Crippen molar-refractivity contribution in [1.29, 1.82) is 0 Å². The summed E-state index contributed by atoms with van der Waals surface area (Å²) in [7, 11) is 1.60. The van der Waals surface area contributed by atoms with Crippen LogP contribution in [0.25, 0.3) is 11.5 Å². The number of aromatic nitrogens is 2. The predicted molar refractivity (Wildman–Crippen MR) is 57.9 cm³/mol. The van der Waals surface area contributed by atoms with Gasteiger partial charge in [0.15, 0.2) is 0 Å². The second-order valence-electron chi connectivity index (χ2n) is 2.69. The molecule has 0 spiro atoms. The van der Waals surface area contributed by atoms with Gasteiger partial charge in [-0.3, -0.25) is 0 Å². The fourth-order valence-electron chi connectivity index (χ4n) is 1.11. The van der Waals surface area contributed by atoms with E-state index in [9.17, 15) is 0 Å². The van der Waals surface area contributed by atoms with E-state index in [0.717, 1.165) is 11.3 Å². The molecule has 15 heavy (non-hydrogen) atoms. The van der Waals surface area contributed by atoms with Crippen LogP contribution in [0.3, 0.4) is 0 Å². The number of hydrogen-bond acceptors (Lipinski definition) is 5. The molecule has 0 bridgehead atoms. The van der Waals surface area contributed by atoms with Crippen molar-refractivity contribution in [3.8, 4) is 17.2 Å². The normalized spacial score (nSPS) is 9.40. The number of nitrogen functional groups attached to an aromatic ring is 1. The van der Waals surface area contributed by atoms with Gasteiger partial charge in [0.2, 0.25) is 0 Å². The van der Waals surface area contributed by atoms with Crippen LogP contribution in [0.1, 0.15) is 0 Å². The first-order valence-corrected chi connectivity index (χ1v) is 4.03. The highest BCUT2D eigenvalue weighted by Crippen LogP contribution is 2.22. The standard InChI is InChI=1S/C9H9N3O2.ClH/c1-13-7-4-2-3-6(5-7)8-11-9(10)12-14-8;/h2-5H,1H3,(H2,10,12);1H. The minimum atomic E-state index is 0. The number of nitrogens with zero attached hydrogens (tertiary/aromatic N) is 2. The smallest absolute Gasteiger partial charge is 0.261 e. The number of benzene rings is 1. The van der Waals surface area contributed by atoms with E-state index in [-0.39, 0.29) is 18.4 Å². The Morgan fingerprint density at radius 1 is 1.40 bits per heavy atom. The Labute approximate surface area is 92.6 Å². The highest BCUT2D eigenvalue weighted by molar-refractivity contribution is 5.85. The van der Waals surface area contributed by atoms with Gasteiger partial charge in [-0.2, -0.15) is 4.98 Å². The van der Waals surface area contributed by atoms with Crippen LogP contribution in [-0.2, 0) is 0 Å². The van der Waals surface area contributed by atoms with Crippen LogP contribution in [0, 0.1) is 0 Å². The third kappa shape index (κ3) is 2.38. The minimum Gasteiger partial charge on any atom is -0.497 e. The minimum absolute atomic E-state index is 0. The van der Waals surface area contributed by atoms with Gasteiger partial charge in [0.05, 0.1) is 7.11 Å². The number of hydrogen-bond donors (Lipinski definition) is 1. The van der Waals surface area contributed by atoms with E-state index in [1.807, 2.05) is 18.2 Å². The number of nitrogens with two attached hydrogens (primary N) is 1. The van der Waals surface area contributed by atoms with Crippen LogP contribution in [0.4, 0.5) is 5.95 Å². The van der Waals surface area contributed by atoms with Gasteiger partial charge in [0.25, 0.3) is 11.8 Å². The Hall–Kier alpha value is -1.75. The van der Waals surface area contributed by atoms with Crippen molar-refractivity contribution in [3.63, 3.8) is 0 Å². The van der Waals surface area contributed by atoms with Gasteiger partial charge >= 0.3 is 0 Å². The molecule has 1 aromatic heterocycles. The molecular weight excluding hydrogens is 218 g/mol. The molecule has 5 nitrogen and oxygen atoms in total. The summed E-state index contributed by atoms with van der Waals surface area (Å²) in [6.45, 7) is 0. The van der Waals surface area contributed by atoms with Crippen molar-refractivity contribution in [2.24, 2.45) is 0 Å². The molecule has 2 N–H and O–H groups in total. The quantitative estimate of drug-likeness (QED) is 0.846. The molecule has 0 aliphatic carbocycles. The average molecular weight is 228 g/mol. The second-order valence-corrected chi connectivity index (χ2v) is 2.69. The van der Waals surface area contributed by atoms with Crippen LogP contribution in [0.15, 0.2) is 28.8 Å². The number of halogens is 1. The zero-order chi connectivity index (χ0) is 9.97. The van der Waals surface area contributed by atoms with Gasteiger partial charge in [-0.1, -0.05) is 6.07 Å². The Morgan fingerprint density at radius 3 is 2.80 bits per heavy atom. The first-order valence-electron chi connectivity index (χ1n) is 4.03. The second kappa shape index (κ2) is 4.65. The SMILES string of the molecule is COc1cccc(-c2nc(N)no2)c1.Cl. The fraction of sp³-hybridized carbons (Fsp3) is 0.111. The van der Waals surface area contributed by atoms with Crippen molar-refractivity contribution >= 4 is 18.4 Å². The van der Waals surface area contributed by atoms with Crippen molar-refractivity contribution in [1.82, 2.24) is 10.1 Å². The predicted octanol–water partition coefficient (Wildman–Crippen LogP) is 1.75. The molecule has 80 valence electrons. The highest BCUT2D eigenvalue weighted by atomic mass is 35.5. The molecule has 0 amide bonds. The van der Waals surface area contributed by atoms with Gasteiger partial charge in [-0.15, -0.1) is 12.4 Å². The zero-order valence-electron chi connectivity index (χ0n) is 8.01. The number of ether oxygens (including phenoxy) is 1. The van der Waals surface area contributed by atoms with Crippen LogP contribution < -0.4 is 10.5 Å². The zero-order valence-corrected chi connectivity index (χ0v) is 8.82. The molecule has 0 radical (unpaired) electrons. The summed E-state index contributed by atoms with van der Waals surface area (Å²) in [4.78, 5) is 3.90. The summed E-state index contributed by atoms with van der Waals surface area (Å²) in [5, 5.41) is 3.50. The van der Waals surface area contributed by atoms with E-state index < -0.39 is 0 Å². The van der Waals surface area contributed by atoms with E-state index in [1.165, 1.54) is 0 Å². The van der Waals surface area contributed by atoms with Gasteiger partial charge in [0.1, 0.15) is 5.75 Å². The van der Waals surface area contributed by atoms with Gasteiger partial charge in [0, 0.05) is 5.56 Å². The summed E-state index contributed by atoms with van der Waals surface area (Å²) in [6.07, 6.45) is 0. The number of methoxy groups -OCH3 is 1. The van der Waals surface area contributed by atoms with Gasteiger partial charge < -0.3 is 15.0 Å². The Kier molecular flexibility index (Phi) is 3.51. The third-order valence-electron chi connectivity index (χ3n) is 1.76. The molecule has 2 aromatic rings. The molecule has 0 aliphatic heterocycles. The van der Waals surface area contributed by atoms with E-state index in [1.54, 1.807) is 13.2 Å². The van der Waals surface area contributed by atoms with Crippen molar-refractivity contribution < 1.29 is 9.26 Å². The molecule has 2 rings (SSSR count). The van der Waals surface area contributed by atoms with E-state index in [0.29, 0.717) is 5.89 Å². The Morgan fingerprint density at radius 2 is 2.20 bits per heavy atom. The van der Waals surface area contributed by atoms with Crippen LogP contribution in [0.2, 0.25) is 0 Å². The lowest BCUT2D eigenvalue weighted by Gasteiger charge is -1.99. The lowest BCUT2D eigenvalue weighted by atomic mass is 10.2. The lowest BCUT2D eigenvalue weighted by molar-refractivity contribution is 0.413. The first kappa shape index (κ1) is 11.3. The third-order valence-corrected chi connectivity index (χ3v) is 1.76. The first-order chi connectivity index (χ1) is 6.79. The molecule has 0 fully saturated rings. The largest absolute Gasteiger partial charge is 0.497 e. The van der Waals surface area contributed by atoms with Crippen LogP contribution in [0.5, 0.6) is 5.75 Å². The molecular formula is C9H10ClN3O2. The molecule has 0 saturated carbocycles. The summed E-state index contributed by atoms with van der Waals surface area (Å²) < 4.78 is 9.97. The van der Waals surface area contributed by atoms with E-state index in [2.05, 4.69) is 10.1 Å². The van der Waals surface area contributed by atoms with E-state index >= 15 is 0 Å². The maximum atomic E-state index is 5.34. The Balaban J connectivity index is 0.00000112. The van der Waals surface area contributed by atoms with Gasteiger partial charge in [-0.25, -0.2) is 0 Å². The van der Waals surface area contributed by atoms with Gasteiger partial charge in [-0.05, 0) is 23.4 Å². The number of anilines is 1. The van der Waals surface area contributed by atoms with Crippen molar-refractivity contribution in [3.05, 3.63) is 24.3 Å². The Bertz CT molecular complexity index is 444. The lowest BCUT2D eigenvalue weighted by Crippen LogP contribution is -1.86. The van der Waals surface area contributed by atoms with Crippen LogP contribution in [-0.4, -0.2) is 17.3 Å². The number of rotatable bonds is 2. The summed E-state index contributed by atoms with van der Waals surface area (Å²) in [6, 6.07) is 7.32. The molecule has 1 heterocycles. The van der Waals surface area contributed by atoms with E-state index in [4.69, 9.17) is 15.0 Å². The van der Waals surface area contributed by atoms with Crippen LogP contribution >= 0.6 is 12.4 Å². The topological polar surface area (TPSA) is 74.2 Å². The molecule has 0 atom stereocenters. The van der Waals surface area contributed by atoms with Crippen molar-refractivity contribution in [2.45, 2.75) is 0 Å². The maximum Gasteiger partial charge on any atom is 0.261 e. The highest BCUT2D eigenvalue weighted by Gasteiger charge is 2.06.